The van der Waals surface area contributed by atoms with E-state index >= 15 is 0 Å². The second kappa shape index (κ2) is 6.19. The Bertz CT molecular complexity index is 565. The Morgan fingerprint density at radius 3 is 2.63 bits per heavy atom. The lowest BCUT2D eigenvalue weighted by molar-refractivity contribution is 0.199. The number of rotatable bonds is 5. The first-order chi connectivity index (χ1) is 9.20. The SMILES string of the molecule is CC(O)c1ccc(-c2ccc(CNCC#N)o2)cc1. The predicted octanol–water partition coefficient (Wildman–Crippen LogP) is 2.61. The van der Waals surface area contributed by atoms with Crippen molar-refractivity contribution in [1.82, 2.24) is 5.32 Å². The van der Waals surface area contributed by atoms with E-state index in [0.29, 0.717) is 13.1 Å². The highest BCUT2D eigenvalue weighted by Crippen LogP contribution is 2.24. The van der Waals surface area contributed by atoms with E-state index in [1.807, 2.05) is 42.5 Å². The minimum absolute atomic E-state index is 0.305. The summed E-state index contributed by atoms with van der Waals surface area (Å²) in [5.41, 5.74) is 1.85. The first kappa shape index (κ1) is 13.3. The standard InChI is InChI=1S/C15H16N2O2/c1-11(18)12-2-4-13(5-3-12)15-7-6-14(19-15)10-17-9-8-16/h2-7,11,17-18H,9-10H2,1H3. The van der Waals surface area contributed by atoms with Gasteiger partial charge in [0, 0.05) is 5.56 Å². The summed E-state index contributed by atoms with van der Waals surface area (Å²) in [6.45, 7) is 2.58. The first-order valence-corrected chi connectivity index (χ1v) is 6.15. The molecule has 2 aromatic rings. The third-order valence-electron chi connectivity index (χ3n) is 2.84. The molecule has 0 aliphatic heterocycles. The van der Waals surface area contributed by atoms with E-state index in [2.05, 4.69) is 5.32 Å². The normalized spacial score (nSPS) is 12.1. The Morgan fingerprint density at radius 1 is 1.26 bits per heavy atom. The lowest BCUT2D eigenvalue weighted by Gasteiger charge is -2.04. The molecule has 1 aromatic heterocycles. The molecule has 0 spiro atoms. The molecular formula is C15H16N2O2. The van der Waals surface area contributed by atoms with Gasteiger partial charge in [0.2, 0.25) is 0 Å². The number of aliphatic hydroxyl groups is 1. The number of hydrogen-bond donors (Lipinski definition) is 2. The highest BCUT2D eigenvalue weighted by atomic mass is 16.3. The Balaban J connectivity index is 2.07. The topological polar surface area (TPSA) is 69.2 Å². The molecule has 0 fully saturated rings. The highest BCUT2D eigenvalue weighted by Gasteiger charge is 2.06. The smallest absolute Gasteiger partial charge is 0.134 e. The largest absolute Gasteiger partial charge is 0.460 e. The second-order valence-electron chi connectivity index (χ2n) is 4.33. The quantitative estimate of drug-likeness (QED) is 0.637. The molecule has 0 aliphatic rings. The van der Waals surface area contributed by atoms with Crippen LogP contribution in [-0.2, 0) is 6.54 Å². The molecule has 0 aliphatic carbocycles. The van der Waals surface area contributed by atoms with Crippen LogP contribution >= 0.6 is 0 Å². The van der Waals surface area contributed by atoms with Crippen LogP contribution in [0.4, 0.5) is 0 Å². The lowest BCUT2D eigenvalue weighted by Crippen LogP contribution is -2.12. The molecule has 0 amide bonds. The van der Waals surface area contributed by atoms with Crippen molar-refractivity contribution in [2.24, 2.45) is 0 Å². The van der Waals surface area contributed by atoms with Crippen molar-refractivity contribution < 1.29 is 9.52 Å². The molecule has 1 heterocycles. The van der Waals surface area contributed by atoms with Crippen molar-refractivity contribution >= 4 is 0 Å². The van der Waals surface area contributed by atoms with E-state index in [4.69, 9.17) is 9.68 Å². The van der Waals surface area contributed by atoms with E-state index in [0.717, 1.165) is 22.6 Å². The molecule has 0 saturated carbocycles. The van der Waals surface area contributed by atoms with Crippen LogP contribution in [-0.4, -0.2) is 11.7 Å². The van der Waals surface area contributed by atoms with Gasteiger partial charge >= 0.3 is 0 Å². The highest BCUT2D eigenvalue weighted by molar-refractivity contribution is 5.58. The summed E-state index contributed by atoms with van der Waals surface area (Å²) >= 11 is 0. The molecule has 19 heavy (non-hydrogen) atoms. The number of nitriles is 1. The van der Waals surface area contributed by atoms with Crippen molar-refractivity contribution in [2.45, 2.75) is 19.6 Å². The van der Waals surface area contributed by atoms with E-state index in [1.165, 1.54) is 0 Å². The number of nitrogens with zero attached hydrogens (tertiary/aromatic N) is 1. The van der Waals surface area contributed by atoms with E-state index in [1.54, 1.807) is 6.92 Å². The van der Waals surface area contributed by atoms with Crippen molar-refractivity contribution in [3.8, 4) is 17.4 Å². The Hall–Kier alpha value is -2.09. The number of hydrogen-bond acceptors (Lipinski definition) is 4. The van der Waals surface area contributed by atoms with Gasteiger partial charge in [0.25, 0.3) is 0 Å². The molecule has 0 saturated heterocycles. The molecule has 1 unspecified atom stereocenters. The van der Waals surface area contributed by atoms with Gasteiger partial charge in [-0.2, -0.15) is 5.26 Å². The molecule has 1 aromatic carbocycles. The maximum absolute atomic E-state index is 9.45. The first-order valence-electron chi connectivity index (χ1n) is 6.15. The fourth-order valence-corrected chi connectivity index (χ4v) is 1.80. The molecule has 2 N–H and O–H groups in total. The van der Waals surface area contributed by atoms with Crippen LogP contribution in [0.2, 0.25) is 0 Å². The van der Waals surface area contributed by atoms with Gasteiger partial charge in [0.05, 0.1) is 25.3 Å². The Morgan fingerprint density at radius 2 is 2.00 bits per heavy atom. The summed E-state index contributed by atoms with van der Waals surface area (Å²) in [5.74, 6) is 1.58. The van der Waals surface area contributed by atoms with Gasteiger partial charge in [0.15, 0.2) is 0 Å². The van der Waals surface area contributed by atoms with Crippen LogP contribution in [0, 0.1) is 11.3 Å². The molecule has 0 radical (unpaired) electrons. The van der Waals surface area contributed by atoms with Crippen molar-refractivity contribution in [1.29, 1.82) is 5.26 Å². The summed E-state index contributed by atoms with van der Waals surface area (Å²) in [5, 5.41) is 20.8. The minimum Gasteiger partial charge on any atom is -0.460 e. The third-order valence-corrected chi connectivity index (χ3v) is 2.84. The van der Waals surface area contributed by atoms with Crippen LogP contribution in [0.15, 0.2) is 40.8 Å². The zero-order valence-corrected chi connectivity index (χ0v) is 10.8. The molecular weight excluding hydrogens is 240 g/mol. The van der Waals surface area contributed by atoms with Crippen LogP contribution in [0.3, 0.4) is 0 Å². The monoisotopic (exact) mass is 256 g/mol. The minimum atomic E-state index is -0.462. The average Bonchev–Trinajstić information content (AvgIpc) is 2.88. The summed E-state index contributed by atoms with van der Waals surface area (Å²) in [6, 6.07) is 13.4. The van der Waals surface area contributed by atoms with Crippen LogP contribution in [0.5, 0.6) is 0 Å². The fourth-order valence-electron chi connectivity index (χ4n) is 1.80. The lowest BCUT2D eigenvalue weighted by atomic mass is 10.1. The molecule has 4 heteroatoms. The number of furan rings is 1. The van der Waals surface area contributed by atoms with Gasteiger partial charge in [-0.3, -0.25) is 5.32 Å². The summed E-state index contributed by atoms with van der Waals surface area (Å²) in [6.07, 6.45) is -0.462. The van der Waals surface area contributed by atoms with E-state index in [-0.39, 0.29) is 0 Å². The van der Waals surface area contributed by atoms with Crippen molar-refractivity contribution in [3.63, 3.8) is 0 Å². The van der Waals surface area contributed by atoms with Crippen molar-refractivity contribution in [2.75, 3.05) is 6.54 Å². The van der Waals surface area contributed by atoms with Gasteiger partial charge in [0.1, 0.15) is 11.5 Å². The number of nitrogens with one attached hydrogen (secondary N) is 1. The van der Waals surface area contributed by atoms with Gasteiger partial charge in [-0.25, -0.2) is 0 Å². The summed E-state index contributed by atoms with van der Waals surface area (Å²) < 4.78 is 5.68. The van der Waals surface area contributed by atoms with Gasteiger partial charge in [-0.05, 0) is 24.6 Å². The maximum Gasteiger partial charge on any atom is 0.134 e. The summed E-state index contributed by atoms with van der Waals surface area (Å²) in [7, 11) is 0. The predicted molar refractivity (Wildman–Crippen MR) is 72.1 cm³/mol. The number of benzene rings is 1. The molecule has 0 bridgehead atoms. The van der Waals surface area contributed by atoms with Crippen LogP contribution in [0.1, 0.15) is 24.4 Å². The molecule has 2 rings (SSSR count). The van der Waals surface area contributed by atoms with Gasteiger partial charge < -0.3 is 9.52 Å². The van der Waals surface area contributed by atoms with Crippen LogP contribution in [0.25, 0.3) is 11.3 Å². The zero-order chi connectivity index (χ0) is 13.7. The van der Waals surface area contributed by atoms with E-state index in [9.17, 15) is 5.11 Å². The number of aliphatic hydroxyl groups excluding tert-OH is 1. The maximum atomic E-state index is 9.45. The Kier molecular flexibility index (Phi) is 4.35. The summed E-state index contributed by atoms with van der Waals surface area (Å²) in [4.78, 5) is 0. The molecule has 98 valence electrons. The van der Waals surface area contributed by atoms with Gasteiger partial charge in [-0.15, -0.1) is 0 Å². The fraction of sp³-hybridized carbons (Fsp3) is 0.267. The third kappa shape index (κ3) is 3.44. The molecule has 4 nitrogen and oxygen atoms in total. The Labute approximate surface area is 112 Å². The van der Waals surface area contributed by atoms with Crippen molar-refractivity contribution in [3.05, 3.63) is 47.7 Å². The van der Waals surface area contributed by atoms with E-state index < -0.39 is 6.10 Å². The van der Waals surface area contributed by atoms with Crippen LogP contribution < -0.4 is 5.32 Å². The molecule has 1 atom stereocenters. The van der Waals surface area contributed by atoms with Gasteiger partial charge in [-0.1, -0.05) is 24.3 Å². The zero-order valence-electron chi connectivity index (χ0n) is 10.8. The second-order valence-corrected chi connectivity index (χ2v) is 4.33. The average molecular weight is 256 g/mol.